The second kappa shape index (κ2) is 7.30. The van der Waals surface area contributed by atoms with Gasteiger partial charge < -0.3 is 5.73 Å². The lowest BCUT2D eigenvalue weighted by Gasteiger charge is -2.05. The molecule has 0 saturated heterocycles. The number of carbonyl (C=O) groups excluding carboxylic acids is 1. The van der Waals surface area contributed by atoms with E-state index in [4.69, 9.17) is 5.73 Å². The number of nitrogens with zero attached hydrogens (tertiary/aromatic N) is 2. The Bertz CT molecular complexity index is 654. The maximum atomic E-state index is 12.2. The van der Waals surface area contributed by atoms with Gasteiger partial charge in [0.1, 0.15) is 11.4 Å². The van der Waals surface area contributed by atoms with Crippen molar-refractivity contribution in [1.82, 2.24) is 4.98 Å². The maximum absolute atomic E-state index is 12.2. The SMILES string of the molecule is CCS(=O)c1cc(N=CC=C(N)C(F)(F)F)cnc1C(C)=O. The molecule has 5 nitrogen and oxygen atoms in total. The molecule has 0 aliphatic carbocycles. The van der Waals surface area contributed by atoms with Crippen LogP contribution in [0.2, 0.25) is 0 Å². The number of alkyl halides is 3. The van der Waals surface area contributed by atoms with E-state index in [1.807, 2.05) is 0 Å². The van der Waals surface area contributed by atoms with Crippen LogP contribution in [-0.2, 0) is 10.8 Å². The van der Waals surface area contributed by atoms with Crippen LogP contribution < -0.4 is 5.73 Å². The fourth-order valence-electron chi connectivity index (χ4n) is 1.40. The van der Waals surface area contributed by atoms with Gasteiger partial charge in [-0.3, -0.25) is 14.0 Å². The third kappa shape index (κ3) is 4.76. The van der Waals surface area contributed by atoms with Gasteiger partial charge in [0, 0.05) is 18.9 Å². The van der Waals surface area contributed by atoms with Crippen molar-refractivity contribution in [1.29, 1.82) is 0 Å². The third-order valence-electron chi connectivity index (χ3n) is 2.48. The van der Waals surface area contributed by atoms with E-state index in [0.717, 1.165) is 6.21 Å². The number of hydrogen-bond donors (Lipinski definition) is 1. The van der Waals surface area contributed by atoms with E-state index < -0.39 is 22.7 Å². The molecule has 0 saturated carbocycles. The Kier molecular flexibility index (Phi) is 5.98. The molecular formula is C13H14F3N3O2S. The second-order valence-electron chi connectivity index (χ2n) is 4.13. The fraction of sp³-hybridized carbons (Fsp3) is 0.308. The van der Waals surface area contributed by atoms with Gasteiger partial charge in [0.15, 0.2) is 5.78 Å². The van der Waals surface area contributed by atoms with E-state index >= 15 is 0 Å². The average Bonchev–Trinajstić information content (AvgIpc) is 2.44. The predicted octanol–water partition coefficient (Wildman–Crippen LogP) is 2.52. The molecule has 1 atom stereocenters. The molecule has 0 aliphatic rings. The number of aromatic nitrogens is 1. The smallest absolute Gasteiger partial charge is 0.395 e. The number of allylic oxidation sites excluding steroid dienone is 2. The van der Waals surface area contributed by atoms with E-state index in [1.54, 1.807) is 6.92 Å². The molecule has 0 radical (unpaired) electrons. The number of Topliss-reactive ketones (excluding diaryl/α,β-unsaturated/α-hetero) is 1. The highest BCUT2D eigenvalue weighted by molar-refractivity contribution is 7.85. The number of rotatable bonds is 5. The third-order valence-corrected chi connectivity index (χ3v) is 3.81. The first kappa shape index (κ1) is 18.0. The van der Waals surface area contributed by atoms with Crippen molar-refractivity contribution in [3.05, 3.63) is 29.7 Å². The number of ketones is 1. The molecule has 1 unspecified atom stereocenters. The van der Waals surface area contributed by atoms with Crippen molar-refractivity contribution in [2.24, 2.45) is 10.7 Å². The van der Waals surface area contributed by atoms with Crippen LogP contribution in [0.15, 0.2) is 33.9 Å². The zero-order chi connectivity index (χ0) is 16.9. The summed E-state index contributed by atoms with van der Waals surface area (Å²) < 4.78 is 48.5. The number of halogens is 3. The van der Waals surface area contributed by atoms with Crippen molar-refractivity contribution in [2.45, 2.75) is 24.9 Å². The van der Waals surface area contributed by atoms with Gasteiger partial charge in [0.25, 0.3) is 0 Å². The second-order valence-corrected chi connectivity index (χ2v) is 5.84. The highest BCUT2D eigenvalue weighted by Crippen LogP contribution is 2.22. The van der Waals surface area contributed by atoms with E-state index in [1.165, 1.54) is 19.2 Å². The molecule has 2 N–H and O–H groups in total. The average molecular weight is 333 g/mol. The largest absolute Gasteiger partial charge is 0.430 e. The molecule has 120 valence electrons. The van der Waals surface area contributed by atoms with Crippen molar-refractivity contribution < 1.29 is 22.2 Å². The van der Waals surface area contributed by atoms with Crippen LogP contribution in [0.3, 0.4) is 0 Å². The van der Waals surface area contributed by atoms with Crippen LogP contribution in [0.5, 0.6) is 0 Å². The summed E-state index contributed by atoms with van der Waals surface area (Å²) in [6, 6.07) is 1.36. The normalized spacial score (nSPS) is 14.3. The lowest BCUT2D eigenvalue weighted by Crippen LogP contribution is -2.19. The minimum atomic E-state index is -4.63. The number of nitrogens with two attached hydrogens (primary N) is 1. The van der Waals surface area contributed by atoms with Crippen LogP contribution >= 0.6 is 0 Å². The molecule has 9 heteroatoms. The highest BCUT2D eigenvalue weighted by atomic mass is 32.2. The summed E-state index contributed by atoms with van der Waals surface area (Å²) >= 11 is 0. The van der Waals surface area contributed by atoms with Crippen molar-refractivity contribution in [3.63, 3.8) is 0 Å². The van der Waals surface area contributed by atoms with Gasteiger partial charge in [-0.1, -0.05) is 6.92 Å². The summed E-state index contributed by atoms with van der Waals surface area (Å²) in [6.07, 6.45) is -1.94. The minimum Gasteiger partial charge on any atom is -0.395 e. The van der Waals surface area contributed by atoms with Crippen molar-refractivity contribution in [2.75, 3.05) is 5.75 Å². The summed E-state index contributed by atoms with van der Waals surface area (Å²) in [5.41, 5.74) is 3.76. The standard InChI is InChI=1S/C13H14F3N3O2S/c1-3-22(21)10-6-9(7-19-12(10)8(2)20)18-5-4-11(17)13(14,15)16/h4-7H,3,17H2,1-2H3. The first-order valence-corrected chi connectivity index (χ1v) is 7.45. The molecule has 1 rings (SSSR count). The molecule has 1 aromatic rings. The minimum absolute atomic E-state index is 0.0597. The quantitative estimate of drug-likeness (QED) is 0.663. The zero-order valence-corrected chi connectivity index (χ0v) is 12.7. The van der Waals surface area contributed by atoms with Gasteiger partial charge >= 0.3 is 6.18 Å². The number of hydrogen-bond acceptors (Lipinski definition) is 5. The molecule has 22 heavy (non-hydrogen) atoms. The Morgan fingerprint density at radius 2 is 2.14 bits per heavy atom. The summed E-state index contributed by atoms with van der Waals surface area (Å²) in [5, 5.41) is 0. The van der Waals surface area contributed by atoms with Gasteiger partial charge in [0.05, 0.1) is 27.6 Å². The molecule has 0 aliphatic heterocycles. The summed E-state index contributed by atoms with van der Waals surface area (Å²) in [5.74, 6) is -0.0793. The van der Waals surface area contributed by atoms with Gasteiger partial charge in [-0.05, 0) is 12.1 Å². The Morgan fingerprint density at radius 3 is 2.64 bits per heavy atom. The van der Waals surface area contributed by atoms with E-state index in [0.29, 0.717) is 6.08 Å². The number of pyridine rings is 1. The van der Waals surface area contributed by atoms with Gasteiger partial charge in [-0.25, -0.2) is 4.98 Å². The van der Waals surface area contributed by atoms with Gasteiger partial charge in [-0.15, -0.1) is 0 Å². The van der Waals surface area contributed by atoms with E-state index in [2.05, 4.69) is 9.98 Å². The summed E-state index contributed by atoms with van der Waals surface area (Å²) in [4.78, 5) is 19.2. The Balaban J connectivity index is 3.13. The highest BCUT2D eigenvalue weighted by Gasteiger charge is 2.30. The first-order chi connectivity index (χ1) is 10.2. The Morgan fingerprint density at radius 1 is 1.50 bits per heavy atom. The van der Waals surface area contributed by atoms with Crippen LogP contribution in [-0.4, -0.2) is 33.1 Å². The number of aliphatic imine (C=N–C) groups is 1. The molecule has 0 amide bonds. The molecule has 0 bridgehead atoms. The number of carbonyl (C=O) groups is 1. The van der Waals surface area contributed by atoms with Crippen LogP contribution in [0, 0.1) is 0 Å². The van der Waals surface area contributed by atoms with Crippen LogP contribution in [0.25, 0.3) is 0 Å². The Labute approximate surface area is 127 Å². The first-order valence-electron chi connectivity index (χ1n) is 6.13. The summed E-state index contributed by atoms with van der Waals surface area (Å²) in [6.45, 7) is 2.96. The molecular weight excluding hydrogens is 319 g/mol. The van der Waals surface area contributed by atoms with Crippen LogP contribution in [0.4, 0.5) is 18.9 Å². The zero-order valence-electron chi connectivity index (χ0n) is 11.8. The van der Waals surface area contributed by atoms with E-state index in [9.17, 15) is 22.2 Å². The van der Waals surface area contributed by atoms with Crippen LogP contribution in [0.1, 0.15) is 24.3 Å². The van der Waals surface area contributed by atoms with Gasteiger partial charge in [-0.2, -0.15) is 13.2 Å². The predicted molar refractivity (Wildman–Crippen MR) is 77.7 cm³/mol. The topological polar surface area (TPSA) is 85.4 Å². The molecule has 0 spiro atoms. The fourth-order valence-corrected chi connectivity index (χ4v) is 2.37. The molecule has 1 heterocycles. The van der Waals surface area contributed by atoms with Crippen molar-refractivity contribution >= 4 is 28.5 Å². The molecule has 1 aromatic heterocycles. The Hall–Kier alpha value is -2.03. The molecule has 0 fully saturated rings. The lowest BCUT2D eigenvalue weighted by atomic mass is 10.2. The maximum Gasteiger partial charge on any atom is 0.430 e. The molecule has 0 aromatic carbocycles. The van der Waals surface area contributed by atoms with Gasteiger partial charge in [0.2, 0.25) is 0 Å². The lowest BCUT2D eigenvalue weighted by molar-refractivity contribution is -0.0925. The summed E-state index contributed by atoms with van der Waals surface area (Å²) in [7, 11) is -1.44. The van der Waals surface area contributed by atoms with E-state index in [-0.39, 0.29) is 27.8 Å². The monoisotopic (exact) mass is 333 g/mol. The van der Waals surface area contributed by atoms with Crippen molar-refractivity contribution in [3.8, 4) is 0 Å².